The van der Waals surface area contributed by atoms with Crippen LogP contribution in [0.25, 0.3) is 5.65 Å². The van der Waals surface area contributed by atoms with Crippen LogP contribution in [0.2, 0.25) is 0 Å². The fourth-order valence-corrected chi connectivity index (χ4v) is 3.71. The van der Waals surface area contributed by atoms with Gasteiger partial charge >= 0.3 is 0 Å². The summed E-state index contributed by atoms with van der Waals surface area (Å²) >= 11 is 1.60. The molecular weight excluding hydrogens is 386 g/mol. The molecule has 0 saturated carbocycles. The Morgan fingerprint density at radius 3 is 2.69 bits per heavy atom. The lowest BCUT2D eigenvalue weighted by Crippen LogP contribution is -2.07. The Labute approximate surface area is 173 Å². The molecule has 7 nitrogen and oxygen atoms in total. The highest BCUT2D eigenvalue weighted by Crippen LogP contribution is 2.23. The number of ether oxygens (including phenoxy) is 2. The van der Waals surface area contributed by atoms with Crippen LogP contribution >= 0.6 is 11.8 Å². The normalized spacial score (nSPS) is 10.9. The summed E-state index contributed by atoms with van der Waals surface area (Å²) in [5, 5.41) is 9.46. The molecule has 29 heavy (non-hydrogen) atoms. The molecule has 0 N–H and O–H groups in total. The number of aromatic nitrogens is 5. The molecule has 3 aromatic heterocycles. The topological polar surface area (TPSA) is 66.5 Å². The molecule has 0 aliphatic heterocycles. The molecule has 0 fully saturated rings. The Bertz CT molecular complexity index is 1070. The van der Waals surface area contributed by atoms with Crippen molar-refractivity contribution in [3.8, 4) is 11.5 Å². The van der Waals surface area contributed by atoms with Gasteiger partial charge in [-0.05, 0) is 36.4 Å². The minimum Gasteiger partial charge on any atom is -0.497 e. The number of nitrogens with zero attached hydrogens (tertiary/aromatic N) is 5. The Hall–Kier alpha value is -3.26. The van der Waals surface area contributed by atoms with E-state index in [-0.39, 0.29) is 0 Å². The van der Waals surface area contributed by atoms with Crippen molar-refractivity contribution in [2.45, 2.75) is 24.1 Å². The number of hydrogen-bond donors (Lipinski definition) is 0. The number of benzene rings is 1. The lowest BCUT2D eigenvalue weighted by molar-refractivity contribution is 0.288. The van der Waals surface area contributed by atoms with Crippen molar-refractivity contribution in [3.05, 3.63) is 79.0 Å². The van der Waals surface area contributed by atoms with E-state index in [1.807, 2.05) is 69.9 Å². The molecule has 0 atom stereocenters. The molecule has 0 aliphatic rings. The Balaban J connectivity index is 1.44. The molecule has 1 aromatic carbocycles. The van der Waals surface area contributed by atoms with Crippen molar-refractivity contribution in [2.24, 2.45) is 0 Å². The minimum absolute atomic E-state index is 0.322. The van der Waals surface area contributed by atoms with Gasteiger partial charge in [-0.3, -0.25) is 4.57 Å². The zero-order chi connectivity index (χ0) is 20.1. The number of pyridine rings is 1. The maximum Gasteiger partial charge on any atom is 0.191 e. The smallest absolute Gasteiger partial charge is 0.191 e. The van der Waals surface area contributed by atoms with Crippen LogP contribution in [-0.2, 0) is 18.9 Å². The van der Waals surface area contributed by atoms with E-state index < -0.39 is 0 Å². The third-order valence-electron chi connectivity index (χ3n) is 4.30. The summed E-state index contributed by atoms with van der Waals surface area (Å²) in [5.74, 6) is 2.99. The molecule has 0 unspecified atom stereocenters. The molecule has 0 aliphatic carbocycles. The van der Waals surface area contributed by atoms with Crippen LogP contribution in [0.15, 0.2) is 72.7 Å². The second-order valence-corrected chi connectivity index (χ2v) is 7.19. The van der Waals surface area contributed by atoms with E-state index in [0.717, 1.165) is 33.8 Å². The van der Waals surface area contributed by atoms with Gasteiger partial charge in [-0.1, -0.05) is 23.9 Å². The molecule has 148 valence electrons. The SMILES string of the molecule is C=CCn1c(COc2ccc(OC)cc2)nnc1SCc1cn2ccccc2n1. The van der Waals surface area contributed by atoms with Crippen molar-refractivity contribution in [1.29, 1.82) is 0 Å². The molecule has 4 rings (SSSR count). The van der Waals surface area contributed by atoms with E-state index in [4.69, 9.17) is 9.47 Å². The van der Waals surface area contributed by atoms with Crippen LogP contribution in [0.3, 0.4) is 0 Å². The average molecular weight is 407 g/mol. The third kappa shape index (κ3) is 4.43. The first-order valence-corrected chi connectivity index (χ1v) is 10.1. The van der Waals surface area contributed by atoms with Gasteiger partial charge in [0.2, 0.25) is 0 Å². The number of methoxy groups -OCH3 is 1. The van der Waals surface area contributed by atoms with Gasteiger partial charge < -0.3 is 13.9 Å². The standard InChI is InChI=1S/C21H21N5O2S/c1-3-11-26-20(14-28-18-9-7-17(27-2)8-10-18)23-24-21(26)29-15-16-13-25-12-5-4-6-19(25)22-16/h3-10,12-13H,1,11,14-15H2,2H3. The van der Waals surface area contributed by atoms with Crippen LogP contribution in [-0.4, -0.2) is 31.3 Å². The Kier molecular flexibility index (Phi) is 5.81. The van der Waals surface area contributed by atoms with Crippen molar-refractivity contribution in [2.75, 3.05) is 7.11 Å². The third-order valence-corrected chi connectivity index (χ3v) is 5.30. The van der Waals surface area contributed by atoms with Crippen LogP contribution in [0.1, 0.15) is 11.5 Å². The number of rotatable bonds is 9. The molecule has 0 saturated heterocycles. The second-order valence-electron chi connectivity index (χ2n) is 6.25. The zero-order valence-corrected chi connectivity index (χ0v) is 16.9. The van der Waals surface area contributed by atoms with E-state index in [2.05, 4.69) is 21.8 Å². The van der Waals surface area contributed by atoms with Gasteiger partial charge in [-0.2, -0.15) is 0 Å². The maximum atomic E-state index is 5.86. The first-order valence-electron chi connectivity index (χ1n) is 9.12. The fraction of sp³-hybridized carbons (Fsp3) is 0.190. The first-order chi connectivity index (χ1) is 14.3. The van der Waals surface area contributed by atoms with Gasteiger partial charge in [0.25, 0.3) is 0 Å². The number of thioether (sulfide) groups is 1. The zero-order valence-electron chi connectivity index (χ0n) is 16.1. The average Bonchev–Trinajstić information content (AvgIpc) is 3.35. The van der Waals surface area contributed by atoms with E-state index in [1.165, 1.54) is 0 Å². The highest BCUT2D eigenvalue weighted by molar-refractivity contribution is 7.98. The van der Waals surface area contributed by atoms with E-state index >= 15 is 0 Å². The summed E-state index contributed by atoms with van der Waals surface area (Å²) in [6.45, 7) is 4.78. The van der Waals surface area contributed by atoms with Gasteiger partial charge in [0.1, 0.15) is 23.8 Å². The molecule has 8 heteroatoms. The highest BCUT2D eigenvalue weighted by Gasteiger charge is 2.13. The van der Waals surface area contributed by atoms with E-state index in [1.54, 1.807) is 18.9 Å². The number of allylic oxidation sites excluding steroid dienone is 1. The van der Waals surface area contributed by atoms with Gasteiger partial charge in [0.15, 0.2) is 11.0 Å². The predicted molar refractivity (Wildman–Crippen MR) is 112 cm³/mol. The molecule has 0 radical (unpaired) electrons. The lowest BCUT2D eigenvalue weighted by Gasteiger charge is -2.09. The van der Waals surface area contributed by atoms with Gasteiger partial charge in [-0.15, -0.1) is 16.8 Å². The van der Waals surface area contributed by atoms with E-state index in [9.17, 15) is 0 Å². The van der Waals surface area contributed by atoms with Crippen molar-refractivity contribution < 1.29 is 9.47 Å². The summed E-state index contributed by atoms with van der Waals surface area (Å²) < 4.78 is 15.0. The molecule has 0 spiro atoms. The Morgan fingerprint density at radius 2 is 1.93 bits per heavy atom. The lowest BCUT2D eigenvalue weighted by atomic mass is 10.3. The van der Waals surface area contributed by atoms with Gasteiger partial charge in [0.05, 0.1) is 12.8 Å². The maximum absolute atomic E-state index is 5.86. The summed E-state index contributed by atoms with van der Waals surface area (Å²) in [6.07, 6.45) is 5.85. The first kappa shape index (κ1) is 19.1. The molecule has 0 bridgehead atoms. The van der Waals surface area contributed by atoms with Gasteiger partial charge in [-0.25, -0.2) is 4.98 Å². The summed E-state index contributed by atoms with van der Waals surface area (Å²) in [6, 6.07) is 13.4. The largest absolute Gasteiger partial charge is 0.497 e. The monoisotopic (exact) mass is 407 g/mol. The summed E-state index contributed by atoms with van der Waals surface area (Å²) in [7, 11) is 1.64. The van der Waals surface area contributed by atoms with Crippen molar-refractivity contribution >= 4 is 17.4 Å². The van der Waals surface area contributed by atoms with Crippen LogP contribution in [0.5, 0.6) is 11.5 Å². The number of fused-ring (bicyclic) bond motifs is 1. The van der Waals surface area contributed by atoms with Gasteiger partial charge in [0, 0.05) is 24.7 Å². The number of hydrogen-bond acceptors (Lipinski definition) is 6. The predicted octanol–water partition coefficient (Wildman–Crippen LogP) is 3.99. The van der Waals surface area contributed by atoms with Crippen LogP contribution < -0.4 is 9.47 Å². The second kappa shape index (κ2) is 8.83. The molecule has 0 amide bonds. The minimum atomic E-state index is 0.322. The fourth-order valence-electron chi connectivity index (χ4n) is 2.86. The molecule has 4 aromatic rings. The highest BCUT2D eigenvalue weighted by atomic mass is 32.2. The van der Waals surface area contributed by atoms with Crippen molar-refractivity contribution in [1.82, 2.24) is 24.1 Å². The number of imidazole rings is 1. The molecular formula is C21H21N5O2S. The summed E-state index contributed by atoms with van der Waals surface area (Å²) in [4.78, 5) is 4.63. The molecule has 3 heterocycles. The van der Waals surface area contributed by atoms with Crippen LogP contribution in [0.4, 0.5) is 0 Å². The van der Waals surface area contributed by atoms with Crippen LogP contribution in [0, 0.1) is 0 Å². The van der Waals surface area contributed by atoms with E-state index in [0.29, 0.717) is 18.9 Å². The Morgan fingerprint density at radius 1 is 1.10 bits per heavy atom. The van der Waals surface area contributed by atoms with Crippen molar-refractivity contribution in [3.63, 3.8) is 0 Å². The quantitative estimate of drug-likeness (QED) is 0.309. The summed E-state index contributed by atoms with van der Waals surface area (Å²) in [5.41, 5.74) is 1.93.